The van der Waals surface area contributed by atoms with Crippen LogP contribution in [0.1, 0.15) is 4.88 Å². The van der Waals surface area contributed by atoms with Crippen LogP contribution in [-0.4, -0.2) is 4.98 Å². The molecule has 1 heterocycles. The molecule has 2 aromatic carbocycles. The first-order valence-corrected chi connectivity index (χ1v) is 6.60. The summed E-state index contributed by atoms with van der Waals surface area (Å²) in [5.41, 5.74) is 3.26. The molecule has 2 heteroatoms. The Morgan fingerprint density at radius 1 is 0.778 bits per heavy atom. The molecule has 0 bridgehead atoms. The summed E-state index contributed by atoms with van der Waals surface area (Å²) in [7, 11) is 0. The third-order valence-electron chi connectivity index (χ3n) is 2.77. The van der Waals surface area contributed by atoms with Crippen LogP contribution in [0.15, 0.2) is 60.7 Å². The molecule has 87 valence electrons. The van der Waals surface area contributed by atoms with Crippen molar-refractivity contribution in [2.24, 2.45) is 0 Å². The summed E-state index contributed by atoms with van der Waals surface area (Å²) < 4.78 is 0. The molecule has 1 nitrogen and oxygen atoms in total. The van der Waals surface area contributed by atoms with Crippen LogP contribution in [0.2, 0.25) is 0 Å². The third-order valence-corrected chi connectivity index (χ3v) is 3.73. The van der Waals surface area contributed by atoms with E-state index >= 15 is 0 Å². The van der Waals surface area contributed by atoms with Crippen LogP contribution in [0, 0.1) is 6.92 Å². The predicted molar refractivity (Wildman–Crippen MR) is 77.4 cm³/mol. The zero-order valence-electron chi connectivity index (χ0n) is 9.84. The molecule has 0 aliphatic rings. The Kier molecular flexibility index (Phi) is 2.95. The smallest absolute Gasteiger partial charge is 0.124 e. The Morgan fingerprint density at radius 2 is 1.33 bits per heavy atom. The number of rotatable bonds is 2. The minimum Gasteiger partial charge on any atom is -0.236 e. The number of thiazole rings is 1. The van der Waals surface area contributed by atoms with Crippen LogP contribution in [-0.2, 0) is 0 Å². The van der Waals surface area contributed by atoms with Crippen molar-refractivity contribution in [2.45, 2.75) is 0 Å². The fourth-order valence-corrected chi connectivity index (χ4v) is 2.76. The lowest BCUT2D eigenvalue weighted by atomic mass is 10.1. The van der Waals surface area contributed by atoms with Crippen molar-refractivity contribution < 1.29 is 0 Å². The minimum atomic E-state index is 0.986. The highest BCUT2D eigenvalue weighted by Gasteiger charge is 2.10. The molecule has 1 radical (unpaired) electrons. The second-order valence-corrected chi connectivity index (χ2v) is 5.11. The van der Waals surface area contributed by atoms with E-state index in [0.29, 0.717) is 0 Å². The van der Waals surface area contributed by atoms with Crippen molar-refractivity contribution >= 4 is 11.3 Å². The highest BCUT2D eigenvalue weighted by Crippen LogP contribution is 2.32. The van der Waals surface area contributed by atoms with E-state index in [4.69, 9.17) is 4.98 Å². The summed E-state index contributed by atoms with van der Waals surface area (Å²) in [4.78, 5) is 5.72. The first kappa shape index (κ1) is 11.2. The van der Waals surface area contributed by atoms with Crippen LogP contribution in [0.5, 0.6) is 0 Å². The van der Waals surface area contributed by atoms with Crippen LogP contribution >= 0.6 is 11.3 Å². The molecule has 3 aromatic rings. The molecule has 0 atom stereocenters. The standard InChI is InChI=1S/C16H12NS/c1-12-15(13-8-4-2-5-9-13)17-16(18-12)14-10-6-3-7-11-14/h2-11H,1H2. The summed E-state index contributed by atoms with van der Waals surface area (Å²) in [6.45, 7) is 4.10. The van der Waals surface area contributed by atoms with Gasteiger partial charge in [0.25, 0.3) is 0 Å². The fraction of sp³-hybridized carbons (Fsp3) is 0. The average molecular weight is 250 g/mol. The topological polar surface area (TPSA) is 12.9 Å². The Morgan fingerprint density at radius 3 is 1.94 bits per heavy atom. The molecule has 0 unspecified atom stereocenters. The lowest BCUT2D eigenvalue weighted by Gasteiger charge is -1.97. The van der Waals surface area contributed by atoms with E-state index < -0.39 is 0 Å². The van der Waals surface area contributed by atoms with Crippen LogP contribution < -0.4 is 0 Å². The van der Waals surface area contributed by atoms with Crippen LogP contribution in [0.25, 0.3) is 21.8 Å². The second kappa shape index (κ2) is 4.75. The fourth-order valence-electron chi connectivity index (χ4n) is 1.88. The van der Waals surface area contributed by atoms with Crippen molar-refractivity contribution in [3.05, 3.63) is 72.5 Å². The monoisotopic (exact) mass is 250 g/mol. The highest BCUT2D eigenvalue weighted by atomic mass is 32.1. The van der Waals surface area contributed by atoms with Gasteiger partial charge in [-0.2, -0.15) is 0 Å². The van der Waals surface area contributed by atoms with E-state index in [2.05, 4.69) is 31.2 Å². The van der Waals surface area contributed by atoms with E-state index in [1.54, 1.807) is 11.3 Å². The zero-order valence-corrected chi connectivity index (χ0v) is 10.7. The quantitative estimate of drug-likeness (QED) is 0.644. The third kappa shape index (κ3) is 2.07. The Balaban J connectivity index is 2.07. The number of benzene rings is 2. The molecule has 0 amide bonds. The van der Waals surface area contributed by atoms with Gasteiger partial charge in [-0.05, 0) is 6.92 Å². The maximum Gasteiger partial charge on any atom is 0.124 e. The van der Waals surface area contributed by atoms with E-state index in [-0.39, 0.29) is 0 Å². The van der Waals surface area contributed by atoms with Gasteiger partial charge in [-0.25, -0.2) is 4.98 Å². The van der Waals surface area contributed by atoms with Crippen molar-refractivity contribution in [1.82, 2.24) is 4.98 Å². The van der Waals surface area contributed by atoms with Gasteiger partial charge in [0.05, 0.1) is 5.69 Å². The Bertz CT molecular complexity index is 641. The normalized spacial score (nSPS) is 10.5. The molecule has 3 rings (SSSR count). The van der Waals surface area contributed by atoms with Gasteiger partial charge in [-0.3, -0.25) is 0 Å². The summed E-state index contributed by atoms with van der Waals surface area (Å²) in [5, 5.41) is 1.03. The number of hydrogen-bond acceptors (Lipinski definition) is 2. The molecule has 0 N–H and O–H groups in total. The van der Waals surface area contributed by atoms with Gasteiger partial charge in [0.15, 0.2) is 0 Å². The molecule has 0 aliphatic carbocycles. The van der Waals surface area contributed by atoms with Gasteiger partial charge in [0.2, 0.25) is 0 Å². The number of aromatic nitrogens is 1. The van der Waals surface area contributed by atoms with Crippen molar-refractivity contribution in [1.29, 1.82) is 0 Å². The largest absolute Gasteiger partial charge is 0.236 e. The zero-order chi connectivity index (χ0) is 12.4. The second-order valence-electron chi connectivity index (χ2n) is 4.02. The first-order valence-electron chi connectivity index (χ1n) is 5.78. The molecule has 0 aliphatic heterocycles. The Labute approximate surface area is 111 Å². The van der Waals surface area contributed by atoms with Crippen LogP contribution in [0.3, 0.4) is 0 Å². The molecule has 0 saturated heterocycles. The highest BCUT2D eigenvalue weighted by molar-refractivity contribution is 7.15. The molecule has 0 spiro atoms. The maximum absolute atomic E-state index is 4.71. The van der Waals surface area contributed by atoms with Gasteiger partial charge in [0.1, 0.15) is 5.01 Å². The SMILES string of the molecule is [CH2]c1sc(-c2ccccc2)nc1-c1ccccc1. The summed E-state index contributed by atoms with van der Waals surface area (Å²) in [5.74, 6) is 0. The average Bonchev–Trinajstić information content (AvgIpc) is 2.83. The van der Waals surface area contributed by atoms with Gasteiger partial charge < -0.3 is 0 Å². The molecular weight excluding hydrogens is 238 g/mol. The van der Waals surface area contributed by atoms with Gasteiger partial charge in [-0.15, -0.1) is 11.3 Å². The predicted octanol–water partition coefficient (Wildman–Crippen LogP) is 4.66. The molecule has 0 fully saturated rings. The van der Waals surface area contributed by atoms with Crippen LogP contribution in [0.4, 0.5) is 0 Å². The Hall–Kier alpha value is -1.93. The summed E-state index contributed by atoms with van der Waals surface area (Å²) in [6.07, 6.45) is 0. The van der Waals surface area contributed by atoms with E-state index in [9.17, 15) is 0 Å². The van der Waals surface area contributed by atoms with Gasteiger partial charge >= 0.3 is 0 Å². The number of nitrogens with zero attached hydrogens (tertiary/aromatic N) is 1. The molecule has 0 saturated carbocycles. The summed E-state index contributed by atoms with van der Waals surface area (Å²) >= 11 is 1.64. The molecule has 1 aromatic heterocycles. The minimum absolute atomic E-state index is 0.986. The van der Waals surface area contributed by atoms with E-state index in [1.807, 2.05) is 36.4 Å². The van der Waals surface area contributed by atoms with Gasteiger partial charge in [-0.1, -0.05) is 60.7 Å². The van der Waals surface area contributed by atoms with E-state index in [1.165, 1.54) is 0 Å². The first-order chi connectivity index (χ1) is 8.84. The molecular formula is C16H12NS. The summed E-state index contributed by atoms with van der Waals surface area (Å²) in [6, 6.07) is 20.4. The van der Waals surface area contributed by atoms with Crippen molar-refractivity contribution in [2.75, 3.05) is 0 Å². The lowest BCUT2D eigenvalue weighted by molar-refractivity contribution is 1.39. The lowest BCUT2D eigenvalue weighted by Crippen LogP contribution is -1.80. The van der Waals surface area contributed by atoms with Gasteiger partial charge in [0, 0.05) is 16.0 Å². The van der Waals surface area contributed by atoms with Crippen molar-refractivity contribution in [3.63, 3.8) is 0 Å². The molecule has 18 heavy (non-hydrogen) atoms. The maximum atomic E-state index is 4.71. The van der Waals surface area contributed by atoms with E-state index in [0.717, 1.165) is 26.7 Å². The number of hydrogen-bond donors (Lipinski definition) is 0. The van der Waals surface area contributed by atoms with Crippen molar-refractivity contribution in [3.8, 4) is 21.8 Å².